The third-order valence-corrected chi connectivity index (χ3v) is 5.16. The maximum absolute atomic E-state index is 14.3. The molecule has 0 aliphatic carbocycles. The summed E-state index contributed by atoms with van der Waals surface area (Å²) in [5.74, 6) is 0.0674. The number of fused-ring (bicyclic) bond motifs is 1. The lowest BCUT2D eigenvalue weighted by molar-refractivity contribution is -0.116. The Bertz CT molecular complexity index is 549. The number of hydrogen-bond acceptors (Lipinski definition) is 2. The summed E-state index contributed by atoms with van der Waals surface area (Å²) in [5, 5.41) is 2.72. The number of rotatable bonds is 2. The summed E-state index contributed by atoms with van der Waals surface area (Å²) in [6.07, 6.45) is 2.13. The first-order valence-corrected chi connectivity index (χ1v) is 7.85. The Balaban J connectivity index is 1.92. The number of ether oxygens (including phenoxy) is 1. The third kappa shape index (κ3) is 2.49. The van der Waals surface area contributed by atoms with Crippen LogP contribution in [0.2, 0.25) is 0 Å². The van der Waals surface area contributed by atoms with Crippen molar-refractivity contribution < 1.29 is 13.9 Å². The molecule has 3 atom stereocenters. The van der Waals surface area contributed by atoms with Crippen molar-refractivity contribution >= 4 is 27.5 Å². The minimum Gasteiger partial charge on any atom is -0.376 e. The molecule has 0 bridgehead atoms. The molecule has 3 nitrogen and oxygen atoms in total. The highest BCUT2D eigenvalue weighted by molar-refractivity contribution is 9.09. The third-order valence-electron chi connectivity index (χ3n) is 4.15. The van der Waals surface area contributed by atoms with E-state index in [2.05, 4.69) is 28.2 Å². The summed E-state index contributed by atoms with van der Waals surface area (Å²) in [4.78, 5) is 11.2. The van der Waals surface area contributed by atoms with Crippen molar-refractivity contribution in [1.29, 1.82) is 0 Å². The molecular weight excluding hydrogens is 325 g/mol. The van der Waals surface area contributed by atoms with Gasteiger partial charge in [0.25, 0.3) is 0 Å². The molecule has 2 heterocycles. The monoisotopic (exact) mass is 341 g/mol. The van der Waals surface area contributed by atoms with Crippen LogP contribution in [0.25, 0.3) is 0 Å². The Morgan fingerprint density at radius 3 is 2.95 bits per heavy atom. The molecule has 20 heavy (non-hydrogen) atoms. The van der Waals surface area contributed by atoms with Gasteiger partial charge in [0.05, 0.1) is 10.9 Å². The van der Waals surface area contributed by atoms with Gasteiger partial charge >= 0.3 is 0 Å². The molecular formula is C15H17BrFNO2. The van der Waals surface area contributed by atoms with Gasteiger partial charge in [-0.15, -0.1) is 0 Å². The number of carbonyl (C=O) groups excluding carboxylic acids is 1. The summed E-state index contributed by atoms with van der Waals surface area (Å²) in [6.45, 7) is 2.86. The maximum atomic E-state index is 14.3. The standard InChI is InChI=1S/C15H17BrFNO2/c1-8-4-5-20-15(8)14(16)10-6-9-2-3-13(19)18-12(9)7-11(10)17/h6-8,14-15H,2-5H2,1H3,(H,18,19). The first-order valence-electron chi connectivity index (χ1n) is 6.94. The molecule has 1 aromatic rings. The summed E-state index contributed by atoms with van der Waals surface area (Å²) < 4.78 is 20.0. The molecule has 1 N–H and O–H groups in total. The SMILES string of the molecule is CC1CCOC1C(Br)c1cc2c(cc1F)NC(=O)CC2. The van der Waals surface area contributed by atoms with Gasteiger partial charge in [-0.2, -0.15) is 0 Å². The predicted octanol–water partition coefficient (Wildman–Crippen LogP) is 3.57. The molecule has 3 unspecified atom stereocenters. The zero-order chi connectivity index (χ0) is 14.3. The van der Waals surface area contributed by atoms with E-state index >= 15 is 0 Å². The number of hydrogen-bond donors (Lipinski definition) is 1. The Labute approximate surface area is 126 Å². The first-order chi connectivity index (χ1) is 9.56. The quantitative estimate of drug-likeness (QED) is 0.835. The highest BCUT2D eigenvalue weighted by Crippen LogP contribution is 2.40. The van der Waals surface area contributed by atoms with E-state index in [1.165, 1.54) is 6.07 Å². The molecule has 2 aliphatic heterocycles. The fourth-order valence-corrected chi connectivity index (χ4v) is 3.93. The summed E-state index contributed by atoms with van der Waals surface area (Å²) in [5.41, 5.74) is 2.22. The van der Waals surface area contributed by atoms with E-state index in [1.807, 2.05) is 6.07 Å². The molecule has 0 saturated carbocycles. The fourth-order valence-electron chi connectivity index (χ4n) is 2.90. The second-order valence-electron chi connectivity index (χ2n) is 5.58. The minimum absolute atomic E-state index is 0.000677. The van der Waals surface area contributed by atoms with E-state index < -0.39 is 0 Å². The molecule has 108 valence electrons. The first kappa shape index (κ1) is 14.0. The molecule has 0 aromatic heterocycles. The lowest BCUT2D eigenvalue weighted by Gasteiger charge is -2.24. The van der Waals surface area contributed by atoms with E-state index in [1.54, 1.807) is 0 Å². The van der Waals surface area contributed by atoms with E-state index in [0.717, 1.165) is 18.6 Å². The fraction of sp³-hybridized carbons (Fsp3) is 0.533. The van der Waals surface area contributed by atoms with Crippen molar-refractivity contribution in [3.8, 4) is 0 Å². The Morgan fingerprint density at radius 2 is 2.25 bits per heavy atom. The largest absolute Gasteiger partial charge is 0.376 e. The number of amides is 1. The summed E-state index contributed by atoms with van der Waals surface area (Å²) >= 11 is 3.59. The molecule has 0 spiro atoms. The van der Waals surface area contributed by atoms with Crippen molar-refractivity contribution in [2.45, 2.75) is 37.1 Å². The van der Waals surface area contributed by atoms with Crippen LogP contribution in [0.3, 0.4) is 0 Å². The zero-order valence-corrected chi connectivity index (χ0v) is 12.9. The molecule has 1 fully saturated rings. The highest BCUT2D eigenvalue weighted by Gasteiger charge is 2.33. The van der Waals surface area contributed by atoms with Crippen LogP contribution < -0.4 is 5.32 Å². The average molecular weight is 342 g/mol. The molecule has 1 saturated heterocycles. The second-order valence-corrected chi connectivity index (χ2v) is 6.57. The Kier molecular flexibility index (Phi) is 3.82. The van der Waals surface area contributed by atoms with Gasteiger partial charge in [0, 0.05) is 24.3 Å². The number of alkyl halides is 1. The molecule has 2 aliphatic rings. The second kappa shape index (κ2) is 5.45. The zero-order valence-electron chi connectivity index (χ0n) is 11.3. The summed E-state index contributed by atoms with van der Waals surface area (Å²) in [7, 11) is 0. The van der Waals surface area contributed by atoms with E-state index in [-0.39, 0.29) is 22.7 Å². The lowest BCUT2D eigenvalue weighted by Crippen LogP contribution is -2.22. The van der Waals surface area contributed by atoms with E-state index in [0.29, 0.717) is 30.0 Å². The van der Waals surface area contributed by atoms with Gasteiger partial charge in [-0.3, -0.25) is 4.79 Å². The van der Waals surface area contributed by atoms with Crippen molar-refractivity contribution in [1.82, 2.24) is 0 Å². The van der Waals surface area contributed by atoms with Crippen LogP contribution >= 0.6 is 15.9 Å². The van der Waals surface area contributed by atoms with Crippen LogP contribution in [0.15, 0.2) is 12.1 Å². The molecule has 5 heteroatoms. The van der Waals surface area contributed by atoms with Crippen LogP contribution in [0.1, 0.15) is 35.7 Å². The Morgan fingerprint density at radius 1 is 1.45 bits per heavy atom. The number of nitrogens with one attached hydrogen (secondary N) is 1. The highest BCUT2D eigenvalue weighted by atomic mass is 79.9. The van der Waals surface area contributed by atoms with Gasteiger partial charge in [-0.05, 0) is 36.5 Å². The predicted molar refractivity (Wildman–Crippen MR) is 78.5 cm³/mol. The van der Waals surface area contributed by atoms with Crippen LogP contribution in [-0.4, -0.2) is 18.6 Å². The van der Waals surface area contributed by atoms with E-state index in [4.69, 9.17) is 4.74 Å². The van der Waals surface area contributed by atoms with Crippen LogP contribution in [0.5, 0.6) is 0 Å². The van der Waals surface area contributed by atoms with Crippen LogP contribution in [0.4, 0.5) is 10.1 Å². The van der Waals surface area contributed by atoms with Crippen molar-refractivity contribution in [3.63, 3.8) is 0 Å². The smallest absolute Gasteiger partial charge is 0.224 e. The average Bonchev–Trinajstić information content (AvgIpc) is 2.83. The molecule has 3 rings (SSSR count). The molecule has 1 aromatic carbocycles. The molecule has 0 radical (unpaired) electrons. The molecule has 1 amide bonds. The van der Waals surface area contributed by atoms with Crippen LogP contribution in [0, 0.1) is 11.7 Å². The van der Waals surface area contributed by atoms with Gasteiger partial charge in [-0.25, -0.2) is 4.39 Å². The van der Waals surface area contributed by atoms with Crippen molar-refractivity contribution in [2.24, 2.45) is 5.92 Å². The van der Waals surface area contributed by atoms with Gasteiger partial charge in [0.2, 0.25) is 5.91 Å². The summed E-state index contributed by atoms with van der Waals surface area (Å²) in [6, 6.07) is 3.29. The number of benzene rings is 1. The van der Waals surface area contributed by atoms with Crippen molar-refractivity contribution in [2.75, 3.05) is 11.9 Å². The van der Waals surface area contributed by atoms with Gasteiger partial charge in [0.1, 0.15) is 5.82 Å². The normalized spacial score (nSPS) is 27.1. The number of aryl methyl sites for hydroxylation is 1. The van der Waals surface area contributed by atoms with E-state index in [9.17, 15) is 9.18 Å². The minimum atomic E-state index is -0.296. The van der Waals surface area contributed by atoms with Crippen LogP contribution in [-0.2, 0) is 16.0 Å². The number of halogens is 2. The lowest BCUT2D eigenvalue weighted by atomic mass is 9.93. The van der Waals surface area contributed by atoms with Crippen molar-refractivity contribution in [3.05, 3.63) is 29.1 Å². The van der Waals surface area contributed by atoms with Gasteiger partial charge < -0.3 is 10.1 Å². The van der Waals surface area contributed by atoms with Gasteiger partial charge in [-0.1, -0.05) is 22.9 Å². The topological polar surface area (TPSA) is 38.3 Å². The Hall–Kier alpha value is -0.940. The maximum Gasteiger partial charge on any atom is 0.224 e. The number of carbonyl (C=O) groups is 1. The van der Waals surface area contributed by atoms with Gasteiger partial charge in [0.15, 0.2) is 0 Å². The number of anilines is 1.